The minimum Gasteiger partial charge on any atom is -0.459 e. The third-order valence-corrected chi connectivity index (χ3v) is 8.61. The first-order valence-electron chi connectivity index (χ1n) is 13.9. The Kier molecular flexibility index (Phi) is 7.79. The van der Waals surface area contributed by atoms with Gasteiger partial charge in [-0.3, -0.25) is 19.5 Å². The quantitative estimate of drug-likeness (QED) is 0.130. The van der Waals surface area contributed by atoms with Crippen molar-refractivity contribution < 1.29 is 14.5 Å². The molecule has 44 heavy (non-hydrogen) atoms. The van der Waals surface area contributed by atoms with Gasteiger partial charge in [-0.05, 0) is 56.2 Å². The molecule has 222 valence electrons. The summed E-state index contributed by atoms with van der Waals surface area (Å²) in [6.45, 7) is 5.80. The molecule has 2 aromatic heterocycles. The van der Waals surface area contributed by atoms with Gasteiger partial charge >= 0.3 is 5.97 Å². The van der Waals surface area contributed by atoms with E-state index in [-0.39, 0.29) is 17.4 Å². The Bertz CT molecular complexity index is 2140. The smallest absolute Gasteiger partial charge is 0.338 e. The van der Waals surface area contributed by atoms with Gasteiger partial charge in [-0.15, -0.1) is 0 Å². The van der Waals surface area contributed by atoms with E-state index in [9.17, 15) is 19.7 Å². The van der Waals surface area contributed by atoms with Crippen LogP contribution in [0.25, 0.3) is 17.0 Å². The van der Waals surface area contributed by atoms with Crippen molar-refractivity contribution in [2.24, 2.45) is 4.99 Å². The molecule has 3 heterocycles. The first-order valence-corrected chi connectivity index (χ1v) is 15.1. The lowest BCUT2D eigenvalue weighted by Gasteiger charge is -2.25. The fourth-order valence-corrected chi connectivity index (χ4v) is 6.57. The number of ether oxygens (including phenoxy) is 1. The van der Waals surface area contributed by atoms with Gasteiger partial charge in [0.2, 0.25) is 0 Å². The second-order valence-corrected chi connectivity index (χ2v) is 12.2. The normalized spacial score (nSPS) is 15.0. The summed E-state index contributed by atoms with van der Waals surface area (Å²) in [6, 6.07) is 20.7. The number of benzene rings is 3. The molecule has 0 aliphatic carbocycles. The van der Waals surface area contributed by atoms with E-state index in [0.29, 0.717) is 37.7 Å². The van der Waals surface area contributed by atoms with E-state index in [2.05, 4.69) is 9.56 Å². The molecule has 0 N–H and O–H groups in total. The Hall–Kier alpha value is -4.80. The summed E-state index contributed by atoms with van der Waals surface area (Å²) in [5.74, 6) is -0.523. The van der Waals surface area contributed by atoms with Crippen LogP contribution in [0.3, 0.4) is 0 Å². The summed E-state index contributed by atoms with van der Waals surface area (Å²) >= 11 is 7.43. The van der Waals surface area contributed by atoms with E-state index in [1.165, 1.54) is 23.5 Å². The Morgan fingerprint density at radius 3 is 2.50 bits per heavy atom. The molecule has 3 aromatic carbocycles. The highest BCUT2D eigenvalue weighted by Gasteiger charge is 2.33. The Morgan fingerprint density at radius 2 is 1.82 bits per heavy atom. The summed E-state index contributed by atoms with van der Waals surface area (Å²) < 4.78 is 9.65. The van der Waals surface area contributed by atoms with Crippen LogP contribution in [0.15, 0.2) is 100 Å². The minimum absolute atomic E-state index is 0.0370. The predicted octanol–water partition coefficient (Wildman–Crippen LogP) is 5.75. The Labute approximate surface area is 260 Å². The summed E-state index contributed by atoms with van der Waals surface area (Å²) in [5.41, 5.74) is 3.97. The number of rotatable bonds is 7. The van der Waals surface area contributed by atoms with Gasteiger partial charge in [0, 0.05) is 46.4 Å². The zero-order chi connectivity index (χ0) is 31.1. The highest BCUT2D eigenvalue weighted by molar-refractivity contribution is 7.07. The fraction of sp³-hybridized carbons (Fsp3) is 0.182. The van der Waals surface area contributed by atoms with Crippen LogP contribution in [-0.2, 0) is 16.1 Å². The molecule has 5 aromatic rings. The number of allylic oxidation sites excluding steroid dienone is 1. The molecule has 0 saturated heterocycles. The number of para-hydroxylation sites is 1. The molecular formula is C33H27ClN4O5S. The summed E-state index contributed by atoms with van der Waals surface area (Å²) in [7, 11) is 0. The molecule has 0 amide bonds. The van der Waals surface area contributed by atoms with Crippen molar-refractivity contribution in [1.29, 1.82) is 0 Å². The highest BCUT2D eigenvalue weighted by atomic mass is 35.5. The molecule has 0 radical (unpaired) electrons. The number of nitro benzene ring substituents is 1. The molecule has 1 aliphatic rings. The number of halogens is 1. The fourth-order valence-electron chi connectivity index (χ4n) is 5.40. The maximum atomic E-state index is 14.1. The lowest BCUT2D eigenvalue weighted by atomic mass is 9.96. The van der Waals surface area contributed by atoms with Crippen LogP contribution in [0.1, 0.15) is 43.5 Å². The van der Waals surface area contributed by atoms with Crippen LogP contribution in [0.4, 0.5) is 5.69 Å². The number of esters is 1. The number of non-ortho nitro benzene ring substituents is 1. The number of nitrogens with zero attached hydrogens (tertiary/aromatic N) is 4. The predicted molar refractivity (Wildman–Crippen MR) is 171 cm³/mol. The van der Waals surface area contributed by atoms with Crippen molar-refractivity contribution in [2.45, 2.75) is 39.5 Å². The van der Waals surface area contributed by atoms with Crippen LogP contribution < -0.4 is 14.9 Å². The van der Waals surface area contributed by atoms with Crippen molar-refractivity contribution in [1.82, 2.24) is 9.13 Å². The van der Waals surface area contributed by atoms with E-state index in [1.807, 2.05) is 36.5 Å². The van der Waals surface area contributed by atoms with Crippen molar-refractivity contribution in [3.05, 3.63) is 142 Å². The van der Waals surface area contributed by atoms with Gasteiger partial charge in [0.15, 0.2) is 4.80 Å². The summed E-state index contributed by atoms with van der Waals surface area (Å²) in [5, 5.41) is 12.6. The standard InChI is InChI=1S/C33H27ClN4O5S/c1-19(2)43-32(40)29-20(3)35-33-37(30(29)22-10-12-24(34)13-11-22)31(39)28(44-33)16-23-18-36(27-7-5-4-6-26(23)27)17-21-8-14-25(15-9-21)38(41)42/h4-16,18-19,30H,17H2,1-3H3/b28-16-/t30-/m1/s1. The monoisotopic (exact) mass is 626 g/mol. The second kappa shape index (κ2) is 11.7. The zero-order valence-corrected chi connectivity index (χ0v) is 25.6. The van der Waals surface area contributed by atoms with Gasteiger partial charge < -0.3 is 9.30 Å². The number of fused-ring (bicyclic) bond motifs is 2. The van der Waals surface area contributed by atoms with Crippen LogP contribution in [0.5, 0.6) is 0 Å². The van der Waals surface area contributed by atoms with Gasteiger partial charge in [-0.25, -0.2) is 9.79 Å². The number of hydrogen-bond acceptors (Lipinski definition) is 7. The van der Waals surface area contributed by atoms with Crippen molar-refractivity contribution in [3.63, 3.8) is 0 Å². The number of thiazole rings is 1. The van der Waals surface area contributed by atoms with Gasteiger partial charge in [0.1, 0.15) is 0 Å². The SMILES string of the molecule is CC1=C(C(=O)OC(C)C)[C@@H](c2ccc(Cl)cc2)n2c(s/c(=C\c3cn(Cc4ccc([N+](=O)[O-])cc4)c4ccccc34)c2=O)=N1. The van der Waals surface area contributed by atoms with Crippen molar-refractivity contribution in [3.8, 4) is 0 Å². The Balaban J connectivity index is 1.47. The first kappa shape index (κ1) is 29.3. The first-order chi connectivity index (χ1) is 21.1. The zero-order valence-electron chi connectivity index (χ0n) is 24.1. The molecule has 11 heteroatoms. The third kappa shape index (κ3) is 5.49. The average molecular weight is 627 g/mol. The molecule has 6 rings (SSSR count). The molecule has 1 atom stereocenters. The number of carbonyl (C=O) groups excluding carboxylic acids is 1. The molecule has 9 nitrogen and oxygen atoms in total. The molecule has 0 spiro atoms. The lowest BCUT2D eigenvalue weighted by Crippen LogP contribution is -2.40. The van der Waals surface area contributed by atoms with E-state index < -0.39 is 16.9 Å². The van der Waals surface area contributed by atoms with Crippen LogP contribution >= 0.6 is 22.9 Å². The number of hydrogen-bond donors (Lipinski definition) is 0. The van der Waals surface area contributed by atoms with E-state index >= 15 is 0 Å². The third-order valence-electron chi connectivity index (χ3n) is 7.38. The maximum Gasteiger partial charge on any atom is 0.338 e. The van der Waals surface area contributed by atoms with Gasteiger partial charge in [0.25, 0.3) is 11.2 Å². The van der Waals surface area contributed by atoms with Gasteiger partial charge in [0.05, 0.1) is 32.9 Å². The topological polar surface area (TPSA) is 109 Å². The molecular weight excluding hydrogens is 600 g/mol. The maximum absolute atomic E-state index is 14.1. The van der Waals surface area contributed by atoms with E-state index in [4.69, 9.17) is 16.3 Å². The lowest BCUT2D eigenvalue weighted by molar-refractivity contribution is -0.384. The van der Waals surface area contributed by atoms with E-state index in [1.54, 1.807) is 61.7 Å². The highest BCUT2D eigenvalue weighted by Crippen LogP contribution is 2.32. The Morgan fingerprint density at radius 1 is 1.11 bits per heavy atom. The van der Waals surface area contributed by atoms with Gasteiger partial charge in [-0.1, -0.05) is 65.4 Å². The van der Waals surface area contributed by atoms with Crippen LogP contribution in [-0.4, -0.2) is 26.1 Å². The molecule has 0 bridgehead atoms. The number of aromatic nitrogens is 2. The second-order valence-electron chi connectivity index (χ2n) is 10.7. The van der Waals surface area contributed by atoms with E-state index in [0.717, 1.165) is 22.0 Å². The van der Waals surface area contributed by atoms with Gasteiger partial charge in [-0.2, -0.15) is 0 Å². The average Bonchev–Trinajstić information content (AvgIpc) is 3.49. The number of nitro groups is 1. The molecule has 0 fully saturated rings. The number of carbonyl (C=O) groups is 1. The molecule has 0 unspecified atom stereocenters. The molecule has 1 aliphatic heterocycles. The van der Waals surface area contributed by atoms with Crippen LogP contribution in [0, 0.1) is 10.1 Å². The summed E-state index contributed by atoms with van der Waals surface area (Å²) in [4.78, 5) is 43.2. The van der Waals surface area contributed by atoms with Crippen molar-refractivity contribution >= 4 is 51.6 Å². The van der Waals surface area contributed by atoms with Crippen molar-refractivity contribution in [2.75, 3.05) is 0 Å². The molecule has 0 saturated carbocycles. The minimum atomic E-state index is -0.736. The van der Waals surface area contributed by atoms with Crippen LogP contribution in [0.2, 0.25) is 5.02 Å². The largest absolute Gasteiger partial charge is 0.459 e. The summed E-state index contributed by atoms with van der Waals surface area (Å²) in [6.07, 6.45) is 3.47.